The molecule has 0 radical (unpaired) electrons. The second-order valence-corrected chi connectivity index (χ2v) is 3.94. The Morgan fingerprint density at radius 1 is 1.56 bits per heavy atom. The monoisotopic (exact) mass is 230 g/mol. The Kier molecular flexibility index (Phi) is 7.12. The minimum atomic E-state index is 0.0293. The molecule has 16 heavy (non-hydrogen) atoms. The maximum Gasteiger partial charge on any atom is 0.233 e. The van der Waals surface area contributed by atoms with Crippen molar-refractivity contribution in [2.24, 2.45) is 0 Å². The molecule has 1 amide bonds. The zero-order chi connectivity index (χ0) is 11.6. The van der Waals surface area contributed by atoms with Crippen LogP contribution in [0.15, 0.2) is 0 Å². The lowest BCUT2D eigenvalue weighted by atomic mass is 10.2. The molecule has 1 atom stereocenters. The lowest BCUT2D eigenvalue weighted by molar-refractivity contribution is -0.120. The summed E-state index contributed by atoms with van der Waals surface area (Å²) in [5.74, 6) is 0.0293. The zero-order valence-electron chi connectivity index (χ0n) is 9.96. The molecule has 0 aromatic carbocycles. The predicted octanol–water partition coefficient (Wildman–Crippen LogP) is -0.0923. The van der Waals surface area contributed by atoms with Crippen molar-refractivity contribution in [3.63, 3.8) is 0 Å². The Morgan fingerprint density at radius 3 is 3.12 bits per heavy atom. The Bertz CT molecular complexity index is 194. The molecule has 2 N–H and O–H groups in total. The number of nitrogens with one attached hydrogen (secondary N) is 2. The van der Waals surface area contributed by atoms with Crippen molar-refractivity contribution < 1.29 is 14.3 Å². The quantitative estimate of drug-likeness (QED) is 0.572. The molecule has 5 heteroatoms. The first-order valence-corrected chi connectivity index (χ1v) is 5.93. The average molecular weight is 230 g/mol. The van der Waals surface area contributed by atoms with Gasteiger partial charge < -0.3 is 20.1 Å². The van der Waals surface area contributed by atoms with Crippen molar-refractivity contribution in [2.45, 2.75) is 25.4 Å². The van der Waals surface area contributed by atoms with Gasteiger partial charge in [0.05, 0.1) is 19.3 Å². The second-order valence-electron chi connectivity index (χ2n) is 3.94. The third-order valence-corrected chi connectivity index (χ3v) is 2.45. The molecule has 0 spiro atoms. The molecule has 1 aliphatic heterocycles. The summed E-state index contributed by atoms with van der Waals surface area (Å²) in [6, 6.07) is 0. The molecule has 0 aromatic heterocycles. The van der Waals surface area contributed by atoms with Gasteiger partial charge in [-0.15, -0.1) is 0 Å². The van der Waals surface area contributed by atoms with Gasteiger partial charge in [-0.05, 0) is 26.3 Å². The summed E-state index contributed by atoms with van der Waals surface area (Å²) in [5, 5.41) is 5.60. The lowest BCUT2D eigenvalue weighted by Gasteiger charge is -2.10. The summed E-state index contributed by atoms with van der Waals surface area (Å²) < 4.78 is 10.9. The number of ether oxygens (including phenoxy) is 2. The van der Waals surface area contributed by atoms with Gasteiger partial charge in [0.1, 0.15) is 0 Å². The van der Waals surface area contributed by atoms with Crippen LogP contribution in [-0.4, -0.2) is 52.0 Å². The fourth-order valence-electron chi connectivity index (χ4n) is 1.62. The third-order valence-electron chi connectivity index (χ3n) is 2.45. The van der Waals surface area contributed by atoms with E-state index in [-0.39, 0.29) is 5.91 Å². The highest BCUT2D eigenvalue weighted by Gasteiger charge is 2.14. The van der Waals surface area contributed by atoms with Crippen molar-refractivity contribution in [3.05, 3.63) is 0 Å². The van der Waals surface area contributed by atoms with Gasteiger partial charge in [0, 0.05) is 19.8 Å². The maximum absolute atomic E-state index is 11.1. The Hall–Kier alpha value is -0.650. The molecule has 0 bridgehead atoms. The molecule has 1 fully saturated rings. The zero-order valence-corrected chi connectivity index (χ0v) is 9.96. The number of likely N-dealkylation sites (N-methyl/N-ethyl adjacent to an activating group) is 1. The normalized spacial score (nSPS) is 19.9. The van der Waals surface area contributed by atoms with Gasteiger partial charge in [-0.25, -0.2) is 0 Å². The van der Waals surface area contributed by atoms with Crippen LogP contribution in [0.3, 0.4) is 0 Å². The van der Waals surface area contributed by atoms with Crippen LogP contribution in [-0.2, 0) is 14.3 Å². The van der Waals surface area contributed by atoms with Gasteiger partial charge in [-0.3, -0.25) is 4.79 Å². The number of rotatable bonds is 8. The van der Waals surface area contributed by atoms with Gasteiger partial charge in [-0.1, -0.05) is 0 Å². The first kappa shape index (κ1) is 13.4. The van der Waals surface area contributed by atoms with Crippen LogP contribution in [0.2, 0.25) is 0 Å². The van der Waals surface area contributed by atoms with E-state index in [4.69, 9.17) is 9.47 Å². The molecular weight excluding hydrogens is 208 g/mol. The van der Waals surface area contributed by atoms with E-state index >= 15 is 0 Å². The third kappa shape index (κ3) is 6.05. The summed E-state index contributed by atoms with van der Waals surface area (Å²) in [5.41, 5.74) is 0. The summed E-state index contributed by atoms with van der Waals surface area (Å²) in [6.45, 7) is 3.28. The maximum atomic E-state index is 11.1. The number of carbonyl (C=O) groups is 1. The largest absolute Gasteiger partial charge is 0.379 e. The summed E-state index contributed by atoms with van der Waals surface area (Å²) in [6.07, 6.45) is 3.40. The van der Waals surface area contributed by atoms with E-state index in [0.29, 0.717) is 32.4 Å². The van der Waals surface area contributed by atoms with Crippen LogP contribution >= 0.6 is 0 Å². The number of hydrogen-bond acceptors (Lipinski definition) is 4. The summed E-state index contributed by atoms with van der Waals surface area (Å²) >= 11 is 0. The van der Waals surface area contributed by atoms with Gasteiger partial charge in [0.2, 0.25) is 5.91 Å². The minimum absolute atomic E-state index is 0.0293. The van der Waals surface area contributed by atoms with Crippen LogP contribution < -0.4 is 10.6 Å². The summed E-state index contributed by atoms with van der Waals surface area (Å²) in [4.78, 5) is 11.1. The van der Waals surface area contributed by atoms with E-state index in [9.17, 15) is 4.79 Å². The molecule has 94 valence electrons. The SMILES string of the molecule is CNCC(=O)NCCCOCC1CCCO1. The van der Waals surface area contributed by atoms with E-state index in [1.807, 2.05) is 0 Å². The molecule has 0 saturated carbocycles. The number of hydrogen-bond donors (Lipinski definition) is 2. The fraction of sp³-hybridized carbons (Fsp3) is 0.909. The van der Waals surface area contributed by atoms with E-state index in [1.165, 1.54) is 0 Å². The molecule has 5 nitrogen and oxygen atoms in total. The van der Waals surface area contributed by atoms with E-state index in [2.05, 4.69) is 10.6 Å². The van der Waals surface area contributed by atoms with Crippen LogP contribution in [0.25, 0.3) is 0 Å². The first-order valence-electron chi connectivity index (χ1n) is 5.93. The predicted molar refractivity (Wildman–Crippen MR) is 61.3 cm³/mol. The van der Waals surface area contributed by atoms with Gasteiger partial charge in [0.15, 0.2) is 0 Å². The van der Waals surface area contributed by atoms with Crippen molar-refractivity contribution in [1.82, 2.24) is 10.6 Å². The first-order chi connectivity index (χ1) is 7.83. The molecule has 1 rings (SSSR count). The smallest absolute Gasteiger partial charge is 0.233 e. The second kappa shape index (κ2) is 8.50. The van der Waals surface area contributed by atoms with Gasteiger partial charge >= 0.3 is 0 Å². The van der Waals surface area contributed by atoms with Crippen LogP contribution in [0.1, 0.15) is 19.3 Å². The molecule has 1 aliphatic rings. The number of carbonyl (C=O) groups excluding carboxylic acids is 1. The van der Waals surface area contributed by atoms with Crippen molar-refractivity contribution >= 4 is 5.91 Å². The molecule has 1 heterocycles. The Morgan fingerprint density at radius 2 is 2.44 bits per heavy atom. The van der Waals surface area contributed by atoms with Crippen molar-refractivity contribution in [2.75, 3.05) is 40.0 Å². The van der Waals surface area contributed by atoms with Crippen molar-refractivity contribution in [3.8, 4) is 0 Å². The molecular formula is C11H22N2O3. The molecule has 0 aliphatic carbocycles. The van der Waals surface area contributed by atoms with E-state index in [1.54, 1.807) is 7.05 Å². The van der Waals surface area contributed by atoms with E-state index in [0.717, 1.165) is 25.9 Å². The van der Waals surface area contributed by atoms with Gasteiger partial charge in [-0.2, -0.15) is 0 Å². The minimum Gasteiger partial charge on any atom is -0.379 e. The summed E-state index contributed by atoms with van der Waals surface area (Å²) in [7, 11) is 1.75. The molecule has 1 saturated heterocycles. The lowest BCUT2D eigenvalue weighted by Crippen LogP contribution is -2.33. The van der Waals surface area contributed by atoms with Crippen LogP contribution in [0, 0.1) is 0 Å². The highest BCUT2D eigenvalue weighted by Crippen LogP contribution is 2.11. The Labute approximate surface area is 96.9 Å². The molecule has 0 aromatic rings. The van der Waals surface area contributed by atoms with Gasteiger partial charge in [0.25, 0.3) is 0 Å². The average Bonchev–Trinajstić information content (AvgIpc) is 2.76. The number of amides is 1. The van der Waals surface area contributed by atoms with Crippen LogP contribution in [0.4, 0.5) is 0 Å². The fourth-order valence-corrected chi connectivity index (χ4v) is 1.62. The molecule has 1 unspecified atom stereocenters. The Balaban J connectivity index is 1.82. The van der Waals surface area contributed by atoms with E-state index < -0.39 is 0 Å². The topological polar surface area (TPSA) is 59.6 Å². The van der Waals surface area contributed by atoms with Crippen LogP contribution in [0.5, 0.6) is 0 Å². The standard InChI is InChI=1S/C11H22N2O3/c1-12-8-11(14)13-5-3-6-15-9-10-4-2-7-16-10/h10,12H,2-9H2,1H3,(H,13,14). The highest BCUT2D eigenvalue weighted by atomic mass is 16.5. The highest BCUT2D eigenvalue weighted by molar-refractivity contribution is 5.77. The van der Waals surface area contributed by atoms with Crippen molar-refractivity contribution in [1.29, 1.82) is 0 Å².